The minimum atomic E-state index is -0.606. The molecule has 9 heteroatoms. The van der Waals surface area contributed by atoms with Gasteiger partial charge in [-0.05, 0) is 44.0 Å². The lowest BCUT2D eigenvalue weighted by atomic mass is 9.73. The third-order valence-corrected chi connectivity index (χ3v) is 5.33. The molecule has 1 atom stereocenters. The molecule has 1 aliphatic heterocycles. The van der Waals surface area contributed by atoms with E-state index in [4.69, 9.17) is 4.74 Å². The van der Waals surface area contributed by atoms with Gasteiger partial charge in [0.25, 0.3) is 0 Å². The van der Waals surface area contributed by atoms with Crippen LogP contribution in [0.3, 0.4) is 0 Å². The number of anilines is 1. The Morgan fingerprint density at radius 3 is 2.73 bits per heavy atom. The molecule has 0 aliphatic carbocycles. The summed E-state index contributed by atoms with van der Waals surface area (Å²) >= 11 is 0. The molecule has 1 amide bonds. The Labute approximate surface area is 174 Å². The fourth-order valence-electron chi connectivity index (χ4n) is 3.76. The number of nitrogens with one attached hydrogen (secondary N) is 2. The molecule has 0 spiro atoms. The molecule has 0 radical (unpaired) electrons. The number of rotatable bonds is 7. The van der Waals surface area contributed by atoms with Crippen molar-refractivity contribution in [3.05, 3.63) is 59.9 Å². The monoisotopic (exact) mass is 407 g/mol. The molecule has 30 heavy (non-hydrogen) atoms. The molecule has 0 bridgehead atoms. The van der Waals surface area contributed by atoms with Gasteiger partial charge in [0.15, 0.2) is 5.82 Å². The standard InChI is InChI=1S/C21H25N7O2/c1-14(18-25-15(2)26-27-18)24-19(29)21(11-16-6-4-7-17(10-16)30-3)12-28(13-21)20-22-8-5-9-23-20/h4-10,14H,11-13H2,1-3H3,(H,24,29)(H,25,26,27). The smallest absolute Gasteiger partial charge is 0.230 e. The zero-order valence-electron chi connectivity index (χ0n) is 17.3. The summed E-state index contributed by atoms with van der Waals surface area (Å²) in [5, 5.41) is 10.1. The van der Waals surface area contributed by atoms with Gasteiger partial charge in [-0.15, -0.1) is 0 Å². The van der Waals surface area contributed by atoms with Crippen LogP contribution in [-0.2, 0) is 11.2 Å². The zero-order chi connectivity index (χ0) is 21.1. The van der Waals surface area contributed by atoms with Crippen LogP contribution in [0.25, 0.3) is 0 Å². The fourth-order valence-corrected chi connectivity index (χ4v) is 3.76. The van der Waals surface area contributed by atoms with Crippen LogP contribution < -0.4 is 15.0 Å². The van der Waals surface area contributed by atoms with Crippen LogP contribution in [0.2, 0.25) is 0 Å². The quantitative estimate of drug-likeness (QED) is 0.615. The van der Waals surface area contributed by atoms with Crippen LogP contribution in [0.4, 0.5) is 5.95 Å². The number of aryl methyl sites for hydroxylation is 1. The maximum absolute atomic E-state index is 13.4. The largest absolute Gasteiger partial charge is 0.497 e. The number of carbonyl (C=O) groups is 1. The summed E-state index contributed by atoms with van der Waals surface area (Å²) in [7, 11) is 1.64. The number of H-pyrrole nitrogens is 1. The Balaban J connectivity index is 1.55. The molecule has 2 N–H and O–H groups in total. The molecule has 1 aromatic carbocycles. The van der Waals surface area contributed by atoms with Crippen molar-refractivity contribution in [1.29, 1.82) is 0 Å². The van der Waals surface area contributed by atoms with Gasteiger partial charge in [0.1, 0.15) is 11.6 Å². The second-order valence-corrected chi connectivity index (χ2v) is 7.69. The van der Waals surface area contributed by atoms with Gasteiger partial charge < -0.3 is 15.0 Å². The van der Waals surface area contributed by atoms with E-state index in [-0.39, 0.29) is 11.9 Å². The third kappa shape index (κ3) is 3.96. The van der Waals surface area contributed by atoms with Crippen molar-refractivity contribution in [1.82, 2.24) is 30.5 Å². The molecule has 3 aromatic rings. The van der Waals surface area contributed by atoms with E-state index in [1.54, 1.807) is 25.6 Å². The molecule has 3 heterocycles. The number of benzene rings is 1. The van der Waals surface area contributed by atoms with Crippen molar-refractivity contribution >= 4 is 11.9 Å². The summed E-state index contributed by atoms with van der Waals surface area (Å²) in [6.07, 6.45) is 4.00. The number of amides is 1. The molecule has 0 saturated carbocycles. The molecule has 2 aromatic heterocycles. The minimum absolute atomic E-state index is 0.0348. The SMILES string of the molecule is COc1cccc(CC2(C(=O)NC(C)c3n[nH]c(C)n3)CN(c3ncccn3)C2)c1. The minimum Gasteiger partial charge on any atom is -0.497 e. The van der Waals surface area contributed by atoms with Crippen molar-refractivity contribution in [2.75, 3.05) is 25.1 Å². The topological polar surface area (TPSA) is 109 Å². The van der Waals surface area contributed by atoms with Crippen molar-refractivity contribution < 1.29 is 9.53 Å². The van der Waals surface area contributed by atoms with Gasteiger partial charge in [0.05, 0.1) is 18.6 Å². The number of hydrogen-bond acceptors (Lipinski definition) is 7. The average Bonchev–Trinajstić information content (AvgIpc) is 3.17. The predicted molar refractivity (Wildman–Crippen MR) is 111 cm³/mol. The molecule has 9 nitrogen and oxygen atoms in total. The van der Waals surface area contributed by atoms with E-state index < -0.39 is 5.41 Å². The average molecular weight is 407 g/mol. The number of aromatic nitrogens is 5. The Hall–Kier alpha value is -3.49. The van der Waals surface area contributed by atoms with Crippen molar-refractivity contribution in [3.63, 3.8) is 0 Å². The highest BCUT2D eigenvalue weighted by atomic mass is 16.5. The highest BCUT2D eigenvalue weighted by Crippen LogP contribution is 2.37. The van der Waals surface area contributed by atoms with E-state index in [1.807, 2.05) is 43.0 Å². The third-order valence-electron chi connectivity index (χ3n) is 5.33. The molecule has 156 valence electrons. The maximum Gasteiger partial charge on any atom is 0.230 e. The van der Waals surface area contributed by atoms with Gasteiger partial charge in [0, 0.05) is 25.5 Å². The highest BCUT2D eigenvalue weighted by molar-refractivity contribution is 5.86. The maximum atomic E-state index is 13.4. The zero-order valence-corrected chi connectivity index (χ0v) is 17.3. The summed E-state index contributed by atoms with van der Waals surface area (Å²) in [5.74, 6) is 2.65. The first kappa shape index (κ1) is 19.8. The summed E-state index contributed by atoms with van der Waals surface area (Å²) in [4.78, 5) is 28.4. The van der Waals surface area contributed by atoms with Crippen LogP contribution in [0, 0.1) is 12.3 Å². The van der Waals surface area contributed by atoms with Crippen molar-refractivity contribution in [2.24, 2.45) is 5.41 Å². The summed E-state index contributed by atoms with van der Waals surface area (Å²) < 4.78 is 5.35. The lowest BCUT2D eigenvalue weighted by Crippen LogP contribution is -2.65. The number of methoxy groups -OCH3 is 1. The lowest BCUT2D eigenvalue weighted by molar-refractivity contribution is -0.133. The Kier molecular flexibility index (Phi) is 5.35. The molecule has 1 unspecified atom stereocenters. The van der Waals surface area contributed by atoms with E-state index in [1.165, 1.54) is 0 Å². The van der Waals surface area contributed by atoms with Crippen LogP contribution in [0.1, 0.15) is 30.2 Å². The van der Waals surface area contributed by atoms with Gasteiger partial charge in [0.2, 0.25) is 11.9 Å². The van der Waals surface area contributed by atoms with E-state index in [9.17, 15) is 4.79 Å². The van der Waals surface area contributed by atoms with Crippen molar-refractivity contribution in [2.45, 2.75) is 26.3 Å². The van der Waals surface area contributed by atoms with Crippen LogP contribution in [0.15, 0.2) is 42.7 Å². The first-order valence-electron chi connectivity index (χ1n) is 9.84. The van der Waals surface area contributed by atoms with E-state index >= 15 is 0 Å². The van der Waals surface area contributed by atoms with Gasteiger partial charge in [-0.2, -0.15) is 5.10 Å². The second-order valence-electron chi connectivity index (χ2n) is 7.69. The molecule has 1 fully saturated rings. The first-order valence-corrected chi connectivity index (χ1v) is 9.84. The highest BCUT2D eigenvalue weighted by Gasteiger charge is 2.50. The normalized spacial score (nSPS) is 15.9. The summed E-state index contributed by atoms with van der Waals surface area (Å²) in [6.45, 7) is 4.77. The predicted octanol–water partition coefficient (Wildman–Crippen LogP) is 1.84. The Morgan fingerprint density at radius 2 is 2.07 bits per heavy atom. The van der Waals surface area contributed by atoms with Gasteiger partial charge in [-0.3, -0.25) is 9.89 Å². The first-order chi connectivity index (χ1) is 14.5. The van der Waals surface area contributed by atoms with E-state index in [0.29, 0.717) is 37.1 Å². The number of aromatic amines is 1. The van der Waals surface area contributed by atoms with Gasteiger partial charge in [-0.25, -0.2) is 15.0 Å². The van der Waals surface area contributed by atoms with Gasteiger partial charge in [-0.1, -0.05) is 12.1 Å². The van der Waals surface area contributed by atoms with Crippen LogP contribution in [0.5, 0.6) is 5.75 Å². The van der Waals surface area contributed by atoms with E-state index in [2.05, 4.69) is 30.5 Å². The number of hydrogen-bond donors (Lipinski definition) is 2. The van der Waals surface area contributed by atoms with Crippen molar-refractivity contribution in [3.8, 4) is 5.75 Å². The summed E-state index contributed by atoms with van der Waals surface area (Å²) in [5.41, 5.74) is 0.435. The number of nitrogens with zero attached hydrogens (tertiary/aromatic N) is 5. The van der Waals surface area contributed by atoms with Gasteiger partial charge >= 0.3 is 0 Å². The molecule has 1 aliphatic rings. The fraction of sp³-hybridized carbons (Fsp3) is 0.381. The lowest BCUT2D eigenvalue weighted by Gasteiger charge is -2.49. The van der Waals surface area contributed by atoms with Crippen LogP contribution in [-0.4, -0.2) is 51.3 Å². The Bertz CT molecular complexity index is 1010. The van der Waals surface area contributed by atoms with Crippen LogP contribution >= 0.6 is 0 Å². The number of carbonyl (C=O) groups excluding carboxylic acids is 1. The molecular weight excluding hydrogens is 382 g/mol. The Morgan fingerprint density at radius 1 is 1.30 bits per heavy atom. The summed E-state index contributed by atoms with van der Waals surface area (Å²) in [6, 6.07) is 9.30. The number of ether oxygens (including phenoxy) is 1. The molecule has 4 rings (SSSR count). The second kappa shape index (κ2) is 8.10. The molecule has 1 saturated heterocycles. The molecular formula is C21H25N7O2. The van der Waals surface area contributed by atoms with E-state index in [0.717, 1.165) is 11.3 Å².